The van der Waals surface area contributed by atoms with Crippen LogP contribution in [-0.4, -0.2) is 22.8 Å². The van der Waals surface area contributed by atoms with E-state index in [0.29, 0.717) is 12.4 Å². The van der Waals surface area contributed by atoms with E-state index in [1.807, 2.05) is 50.4 Å². The molecule has 0 radical (unpaired) electrons. The first kappa shape index (κ1) is 20.6. The topological polar surface area (TPSA) is 94.3 Å². The van der Waals surface area contributed by atoms with Crippen molar-refractivity contribution in [2.75, 3.05) is 0 Å². The quantitative estimate of drug-likeness (QED) is 0.647. The standard InChI is InChI=1S/C20H25N3O3S/c1-4-13(2)19(20(21)25)23-18(24)10-9-15-7-5-6-8-17(15)26-11-16-12-27-14(3)22-16/h5-10,12-13,19H,4,11H2,1-3H3,(H2,21,25)(H,23,24)/b10-9+. The van der Waals surface area contributed by atoms with Gasteiger partial charge in [-0.1, -0.05) is 38.5 Å². The number of carbonyl (C=O) groups is 2. The second-order valence-electron chi connectivity index (χ2n) is 6.29. The van der Waals surface area contributed by atoms with Crippen molar-refractivity contribution in [1.29, 1.82) is 0 Å². The molecule has 0 bridgehead atoms. The normalized spacial score (nSPS) is 13.3. The fourth-order valence-electron chi connectivity index (χ4n) is 2.47. The van der Waals surface area contributed by atoms with Crippen molar-refractivity contribution in [3.63, 3.8) is 0 Å². The van der Waals surface area contributed by atoms with Crippen molar-refractivity contribution in [2.45, 2.75) is 39.8 Å². The summed E-state index contributed by atoms with van der Waals surface area (Å²) in [6.07, 6.45) is 3.78. The SMILES string of the molecule is CCC(C)C(NC(=O)/C=C/c1ccccc1OCc1csc(C)n1)C(N)=O. The van der Waals surface area contributed by atoms with Crippen LogP contribution in [0, 0.1) is 12.8 Å². The first-order chi connectivity index (χ1) is 12.9. The van der Waals surface area contributed by atoms with E-state index in [-0.39, 0.29) is 11.8 Å². The number of hydrogen-bond donors (Lipinski definition) is 2. The van der Waals surface area contributed by atoms with Crippen molar-refractivity contribution in [3.8, 4) is 5.75 Å². The number of nitrogens with two attached hydrogens (primary N) is 1. The number of rotatable bonds is 9. The van der Waals surface area contributed by atoms with Crippen molar-refractivity contribution in [2.24, 2.45) is 11.7 Å². The molecule has 27 heavy (non-hydrogen) atoms. The lowest BCUT2D eigenvalue weighted by atomic mass is 9.98. The molecule has 144 valence electrons. The van der Waals surface area contributed by atoms with Crippen molar-refractivity contribution in [3.05, 3.63) is 52.0 Å². The number of ether oxygens (including phenoxy) is 1. The number of primary amides is 1. The molecule has 3 N–H and O–H groups in total. The molecular formula is C20H25N3O3S. The lowest BCUT2D eigenvalue weighted by molar-refractivity contribution is -0.126. The van der Waals surface area contributed by atoms with Crippen LogP contribution in [0.25, 0.3) is 6.08 Å². The fraction of sp³-hybridized carbons (Fsp3) is 0.350. The maximum absolute atomic E-state index is 12.2. The summed E-state index contributed by atoms with van der Waals surface area (Å²) in [5, 5.41) is 5.62. The summed E-state index contributed by atoms with van der Waals surface area (Å²) in [7, 11) is 0. The summed E-state index contributed by atoms with van der Waals surface area (Å²) in [5.74, 6) is -0.282. The summed E-state index contributed by atoms with van der Waals surface area (Å²) in [6, 6.07) is 6.73. The number of benzene rings is 1. The van der Waals surface area contributed by atoms with Crippen LogP contribution in [-0.2, 0) is 16.2 Å². The Morgan fingerprint density at radius 3 is 2.74 bits per heavy atom. The third-order valence-electron chi connectivity index (χ3n) is 4.19. The van der Waals surface area contributed by atoms with Crippen LogP contribution in [0.2, 0.25) is 0 Å². The molecule has 0 aliphatic rings. The largest absolute Gasteiger partial charge is 0.487 e. The molecule has 7 heteroatoms. The lowest BCUT2D eigenvalue weighted by Crippen LogP contribution is -2.47. The van der Waals surface area contributed by atoms with Crippen LogP contribution in [0.3, 0.4) is 0 Å². The number of nitrogens with zero attached hydrogens (tertiary/aromatic N) is 1. The number of hydrogen-bond acceptors (Lipinski definition) is 5. The number of carbonyl (C=O) groups excluding carboxylic acids is 2. The van der Waals surface area contributed by atoms with Gasteiger partial charge in [-0.05, 0) is 25.0 Å². The molecule has 1 aromatic carbocycles. The highest BCUT2D eigenvalue weighted by molar-refractivity contribution is 7.09. The predicted molar refractivity (Wildman–Crippen MR) is 107 cm³/mol. The summed E-state index contributed by atoms with van der Waals surface area (Å²) >= 11 is 1.57. The summed E-state index contributed by atoms with van der Waals surface area (Å²) in [4.78, 5) is 28.1. The molecule has 1 aromatic heterocycles. The zero-order valence-corrected chi connectivity index (χ0v) is 16.6. The third kappa shape index (κ3) is 6.21. The van der Waals surface area contributed by atoms with Gasteiger partial charge in [0.05, 0.1) is 10.7 Å². The van der Waals surface area contributed by atoms with Gasteiger partial charge in [0, 0.05) is 17.0 Å². The Morgan fingerprint density at radius 1 is 1.37 bits per heavy atom. The molecule has 0 saturated carbocycles. The molecule has 2 amide bonds. The molecule has 2 aromatic rings. The zero-order chi connectivity index (χ0) is 19.8. The average molecular weight is 388 g/mol. The highest BCUT2D eigenvalue weighted by Crippen LogP contribution is 2.21. The van der Waals surface area contributed by atoms with Gasteiger partial charge in [-0.25, -0.2) is 4.98 Å². The summed E-state index contributed by atoms with van der Waals surface area (Å²) < 4.78 is 5.83. The Labute approximate surface area is 163 Å². The number of para-hydroxylation sites is 1. The van der Waals surface area contributed by atoms with E-state index in [4.69, 9.17) is 10.5 Å². The Balaban J connectivity index is 2.03. The van der Waals surface area contributed by atoms with E-state index in [1.165, 1.54) is 6.08 Å². The number of nitrogens with one attached hydrogen (secondary N) is 1. The smallest absolute Gasteiger partial charge is 0.244 e. The fourth-order valence-corrected chi connectivity index (χ4v) is 3.07. The van der Waals surface area contributed by atoms with Crippen LogP contribution < -0.4 is 15.8 Å². The van der Waals surface area contributed by atoms with Gasteiger partial charge < -0.3 is 15.8 Å². The van der Waals surface area contributed by atoms with Gasteiger partial charge in [0.1, 0.15) is 18.4 Å². The summed E-state index contributed by atoms with van der Waals surface area (Å²) in [6.45, 7) is 6.13. The molecule has 1 heterocycles. The van der Waals surface area contributed by atoms with E-state index >= 15 is 0 Å². The van der Waals surface area contributed by atoms with Gasteiger partial charge in [-0.15, -0.1) is 11.3 Å². The van der Waals surface area contributed by atoms with Crippen LogP contribution in [0.5, 0.6) is 5.75 Å². The Kier molecular flexibility index (Phi) is 7.55. The van der Waals surface area contributed by atoms with Gasteiger partial charge in [0.15, 0.2) is 0 Å². The van der Waals surface area contributed by atoms with E-state index in [0.717, 1.165) is 22.7 Å². The van der Waals surface area contributed by atoms with Gasteiger partial charge in [-0.3, -0.25) is 9.59 Å². The molecule has 6 nitrogen and oxygen atoms in total. The predicted octanol–water partition coefficient (Wildman–Crippen LogP) is 3.06. The van der Waals surface area contributed by atoms with Crippen molar-refractivity contribution >= 4 is 29.2 Å². The zero-order valence-electron chi connectivity index (χ0n) is 15.8. The Morgan fingerprint density at radius 2 is 2.11 bits per heavy atom. The van der Waals surface area contributed by atoms with Crippen LogP contribution in [0.1, 0.15) is 36.5 Å². The first-order valence-corrected chi connectivity index (χ1v) is 9.69. The Bertz CT molecular complexity index is 816. The van der Waals surface area contributed by atoms with E-state index < -0.39 is 11.9 Å². The Hall–Kier alpha value is -2.67. The van der Waals surface area contributed by atoms with Crippen LogP contribution >= 0.6 is 11.3 Å². The van der Waals surface area contributed by atoms with Gasteiger partial charge >= 0.3 is 0 Å². The number of aromatic nitrogens is 1. The second kappa shape index (κ2) is 9.87. The molecule has 0 fully saturated rings. The van der Waals surface area contributed by atoms with E-state index in [9.17, 15) is 9.59 Å². The monoisotopic (exact) mass is 387 g/mol. The number of amides is 2. The minimum Gasteiger partial charge on any atom is -0.487 e. The highest BCUT2D eigenvalue weighted by atomic mass is 32.1. The van der Waals surface area contributed by atoms with Gasteiger partial charge in [0.25, 0.3) is 0 Å². The minimum absolute atomic E-state index is 0.0305. The third-order valence-corrected chi connectivity index (χ3v) is 5.02. The first-order valence-electron chi connectivity index (χ1n) is 8.81. The molecule has 0 saturated heterocycles. The van der Waals surface area contributed by atoms with E-state index in [2.05, 4.69) is 10.3 Å². The minimum atomic E-state index is -0.688. The highest BCUT2D eigenvalue weighted by Gasteiger charge is 2.22. The van der Waals surface area contributed by atoms with Gasteiger partial charge in [-0.2, -0.15) is 0 Å². The summed E-state index contributed by atoms with van der Waals surface area (Å²) in [5.41, 5.74) is 7.02. The maximum atomic E-state index is 12.2. The molecule has 2 unspecified atom stereocenters. The number of thiazole rings is 1. The molecule has 2 atom stereocenters. The van der Waals surface area contributed by atoms with Gasteiger partial charge in [0.2, 0.25) is 11.8 Å². The molecule has 0 spiro atoms. The maximum Gasteiger partial charge on any atom is 0.244 e. The van der Waals surface area contributed by atoms with E-state index in [1.54, 1.807) is 17.4 Å². The molecular weight excluding hydrogens is 362 g/mol. The lowest BCUT2D eigenvalue weighted by Gasteiger charge is -2.20. The molecule has 2 rings (SSSR count). The second-order valence-corrected chi connectivity index (χ2v) is 7.35. The number of aryl methyl sites for hydroxylation is 1. The molecule has 0 aliphatic carbocycles. The average Bonchev–Trinajstić information content (AvgIpc) is 3.07. The van der Waals surface area contributed by atoms with Crippen LogP contribution in [0.15, 0.2) is 35.7 Å². The van der Waals surface area contributed by atoms with Crippen LogP contribution in [0.4, 0.5) is 0 Å². The van der Waals surface area contributed by atoms with Crippen molar-refractivity contribution in [1.82, 2.24) is 10.3 Å². The van der Waals surface area contributed by atoms with Crippen molar-refractivity contribution < 1.29 is 14.3 Å². The molecule has 0 aliphatic heterocycles.